The van der Waals surface area contributed by atoms with E-state index in [0.29, 0.717) is 23.2 Å². The molecule has 0 saturated heterocycles. The molecule has 0 spiro atoms. The van der Waals surface area contributed by atoms with Crippen LogP contribution in [-0.2, 0) is 11.0 Å². The molecule has 0 aliphatic rings. The standard InChI is InChI=1S/C15H20ClN2O2P/c1-10(21(3,4)19)9-14-17-15(20-18-14)11(2)12-5-7-13(16)8-6-12/h5-8,10-11H,9H2,1-4H3. The highest BCUT2D eigenvalue weighted by Gasteiger charge is 2.22. The van der Waals surface area contributed by atoms with Crippen molar-refractivity contribution in [1.82, 2.24) is 10.1 Å². The first-order valence-electron chi connectivity index (χ1n) is 6.90. The number of rotatable bonds is 5. The molecule has 21 heavy (non-hydrogen) atoms. The van der Waals surface area contributed by atoms with E-state index in [1.807, 2.05) is 38.1 Å². The number of halogens is 1. The Balaban J connectivity index is 2.12. The first kappa shape index (κ1) is 16.3. The molecule has 0 aliphatic carbocycles. The lowest BCUT2D eigenvalue weighted by molar-refractivity contribution is 0.365. The second-order valence-corrected chi connectivity index (χ2v) is 10.00. The molecule has 4 nitrogen and oxygen atoms in total. The van der Waals surface area contributed by atoms with Crippen LogP contribution in [0.1, 0.15) is 37.0 Å². The molecule has 2 rings (SSSR count). The van der Waals surface area contributed by atoms with Crippen LogP contribution in [0.25, 0.3) is 0 Å². The third kappa shape index (κ3) is 4.18. The Bertz CT molecular complexity index is 648. The molecule has 0 fully saturated rings. The van der Waals surface area contributed by atoms with Gasteiger partial charge in [0.2, 0.25) is 5.89 Å². The van der Waals surface area contributed by atoms with Gasteiger partial charge in [0.1, 0.15) is 0 Å². The fourth-order valence-corrected chi connectivity index (χ4v) is 2.63. The van der Waals surface area contributed by atoms with E-state index in [-0.39, 0.29) is 11.6 Å². The van der Waals surface area contributed by atoms with Crippen LogP contribution in [0.2, 0.25) is 5.02 Å². The molecule has 0 N–H and O–H groups in total. The van der Waals surface area contributed by atoms with Crippen LogP contribution in [0, 0.1) is 0 Å². The zero-order valence-corrected chi connectivity index (χ0v) is 14.4. The highest BCUT2D eigenvalue weighted by Crippen LogP contribution is 2.43. The Morgan fingerprint density at radius 1 is 1.24 bits per heavy atom. The van der Waals surface area contributed by atoms with Gasteiger partial charge in [-0.1, -0.05) is 35.8 Å². The molecule has 1 aromatic heterocycles. The lowest BCUT2D eigenvalue weighted by atomic mass is 10.0. The zero-order chi connectivity index (χ0) is 15.6. The summed E-state index contributed by atoms with van der Waals surface area (Å²) in [5, 5.41) is 4.70. The van der Waals surface area contributed by atoms with Crippen molar-refractivity contribution in [3.05, 3.63) is 46.6 Å². The van der Waals surface area contributed by atoms with Crippen molar-refractivity contribution in [2.45, 2.75) is 31.8 Å². The van der Waals surface area contributed by atoms with Crippen molar-refractivity contribution < 1.29 is 9.09 Å². The summed E-state index contributed by atoms with van der Waals surface area (Å²) < 4.78 is 17.4. The quantitative estimate of drug-likeness (QED) is 0.763. The van der Waals surface area contributed by atoms with Crippen LogP contribution in [0.3, 0.4) is 0 Å². The minimum atomic E-state index is -2.14. The van der Waals surface area contributed by atoms with Gasteiger partial charge in [-0.3, -0.25) is 0 Å². The maximum atomic E-state index is 12.0. The highest BCUT2D eigenvalue weighted by atomic mass is 35.5. The van der Waals surface area contributed by atoms with Gasteiger partial charge in [-0.2, -0.15) is 4.98 Å². The number of nitrogens with zero attached hydrogens (tertiary/aromatic N) is 2. The predicted molar refractivity (Wildman–Crippen MR) is 85.9 cm³/mol. The summed E-state index contributed by atoms with van der Waals surface area (Å²) in [6.45, 7) is 7.54. The van der Waals surface area contributed by atoms with E-state index in [9.17, 15) is 4.57 Å². The molecule has 1 heterocycles. The summed E-state index contributed by atoms with van der Waals surface area (Å²) in [4.78, 5) is 4.43. The van der Waals surface area contributed by atoms with Crippen LogP contribution in [0.4, 0.5) is 0 Å². The first-order valence-corrected chi connectivity index (χ1v) is 9.95. The van der Waals surface area contributed by atoms with E-state index in [1.54, 1.807) is 13.3 Å². The molecule has 2 unspecified atom stereocenters. The average molecular weight is 327 g/mol. The van der Waals surface area contributed by atoms with Gasteiger partial charge < -0.3 is 9.09 Å². The first-order chi connectivity index (χ1) is 9.77. The van der Waals surface area contributed by atoms with Crippen molar-refractivity contribution >= 4 is 18.7 Å². The van der Waals surface area contributed by atoms with Crippen LogP contribution in [0.5, 0.6) is 0 Å². The van der Waals surface area contributed by atoms with Gasteiger partial charge in [-0.05, 0) is 37.9 Å². The minimum Gasteiger partial charge on any atom is -0.339 e. The van der Waals surface area contributed by atoms with Gasteiger partial charge in [-0.15, -0.1) is 0 Å². The lowest BCUT2D eigenvalue weighted by Crippen LogP contribution is -2.07. The summed E-state index contributed by atoms with van der Waals surface area (Å²) in [5.74, 6) is 1.19. The van der Waals surface area contributed by atoms with Crippen molar-refractivity contribution in [3.8, 4) is 0 Å². The predicted octanol–water partition coefficient (Wildman–Crippen LogP) is 4.43. The largest absolute Gasteiger partial charge is 0.339 e. The second kappa shape index (κ2) is 6.33. The molecule has 0 aliphatic heterocycles. The summed E-state index contributed by atoms with van der Waals surface area (Å²) in [5.41, 5.74) is 1.12. The maximum absolute atomic E-state index is 12.0. The van der Waals surface area contributed by atoms with Gasteiger partial charge in [0.15, 0.2) is 5.82 Å². The Labute approximate surface area is 130 Å². The van der Waals surface area contributed by atoms with E-state index < -0.39 is 7.14 Å². The fraction of sp³-hybridized carbons (Fsp3) is 0.467. The third-order valence-electron chi connectivity index (χ3n) is 3.76. The Hall–Kier alpha value is -1.12. The van der Waals surface area contributed by atoms with Crippen LogP contribution >= 0.6 is 18.7 Å². The zero-order valence-electron chi connectivity index (χ0n) is 12.7. The van der Waals surface area contributed by atoms with Crippen LogP contribution < -0.4 is 0 Å². The lowest BCUT2D eigenvalue weighted by Gasteiger charge is -2.13. The van der Waals surface area contributed by atoms with Crippen molar-refractivity contribution in [1.29, 1.82) is 0 Å². The summed E-state index contributed by atoms with van der Waals surface area (Å²) in [6, 6.07) is 7.59. The molecular weight excluding hydrogens is 307 g/mol. The average Bonchev–Trinajstić information content (AvgIpc) is 2.86. The van der Waals surface area contributed by atoms with Crippen molar-refractivity contribution in [3.63, 3.8) is 0 Å². The third-order valence-corrected chi connectivity index (χ3v) is 6.32. The normalized spacial score (nSPS) is 14.9. The fourth-order valence-electron chi connectivity index (χ4n) is 1.90. The van der Waals surface area contributed by atoms with Crippen molar-refractivity contribution in [2.75, 3.05) is 13.3 Å². The second-order valence-electron chi connectivity index (χ2n) is 5.81. The number of hydrogen-bond donors (Lipinski definition) is 0. The Kier molecular flexibility index (Phi) is 4.90. The van der Waals surface area contributed by atoms with E-state index >= 15 is 0 Å². The molecule has 2 aromatic rings. The van der Waals surface area contributed by atoms with Crippen LogP contribution in [-0.4, -0.2) is 29.1 Å². The molecule has 1 aromatic carbocycles. The molecule has 0 amide bonds. The minimum absolute atomic E-state index is 0.00822. The monoisotopic (exact) mass is 326 g/mol. The molecule has 6 heteroatoms. The van der Waals surface area contributed by atoms with Crippen molar-refractivity contribution in [2.24, 2.45) is 0 Å². The van der Waals surface area contributed by atoms with E-state index in [2.05, 4.69) is 10.1 Å². The molecule has 0 saturated carbocycles. The van der Waals surface area contributed by atoms with Gasteiger partial charge in [0.25, 0.3) is 0 Å². The van der Waals surface area contributed by atoms with Gasteiger partial charge in [0.05, 0.1) is 13.1 Å². The Morgan fingerprint density at radius 2 is 1.86 bits per heavy atom. The summed E-state index contributed by atoms with van der Waals surface area (Å²) in [6.07, 6.45) is 0.571. The summed E-state index contributed by atoms with van der Waals surface area (Å²) >= 11 is 5.89. The number of aromatic nitrogens is 2. The van der Waals surface area contributed by atoms with Crippen LogP contribution in [0.15, 0.2) is 28.8 Å². The Morgan fingerprint density at radius 3 is 2.43 bits per heavy atom. The molecule has 0 radical (unpaired) electrons. The van der Waals surface area contributed by atoms with Gasteiger partial charge in [-0.25, -0.2) is 0 Å². The summed E-state index contributed by atoms with van der Waals surface area (Å²) in [7, 11) is -2.14. The maximum Gasteiger partial charge on any atom is 0.233 e. The molecule has 114 valence electrons. The number of hydrogen-bond acceptors (Lipinski definition) is 4. The number of benzene rings is 1. The highest BCUT2D eigenvalue weighted by molar-refractivity contribution is 7.63. The van der Waals surface area contributed by atoms with Gasteiger partial charge in [0, 0.05) is 17.1 Å². The van der Waals surface area contributed by atoms with E-state index in [4.69, 9.17) is 16.1 Å². The smallest absolute Gasteiger partial charge is 0.233 e. The molecule has 2 atom stereocenters. The van der Waals surface area contributed by atoms with E-state index in [1.165, 1.54) is 0 Å². The molecule has 0 bridgehead atoms. The van der Waals surface area contributed by atoms with Gasteiger partial charge >= 0.3 is 0 Å². The van der Waals surface area contributed by atoms with E-state index in [0.717, 1.165) is 5.56 Å². The molecular formula is C15H20ClN2O2P. The SMILES string of the molecule is CC(c1ccc(Cl)cc1)c1nc(CC(C)P(C)(C)=O)no1. The topological polar surface area (TPSA) is 56.0 Å².